The fourth-order valence-corrected chi connectivity index (χ4v) is 1.20. The Balaban J connectivity index is 0.00000256. The molecule has 1 aromatic rings. The van der Waals surface area contributed by atoms with Gasteiger partial charge in [-0.05, 0) is 12.1 Å². The zero-order valence-electron chi connectivity index (χ0n) is 9.44. The lowest BCUT2D eigenvalue weighted by molar-refractivity contribution is -0.170. The van der Waals surface area contributed by atoms with Crippen molar-refractivity contribution in [1.82, 2.24) is 0 Å². The van der Waals surface area contributed by atoms with Crippen molar-refractivity contribution >= 4 is 18.2 Å². The fraction of sp³-hybridized carbons (Fsp3) is 0.364. The van der Waals surface area contributed by atoms with Gasteiger partial charge in [0.2, 0.25) is 0 Å². The Morgan fingerprint density at radius 1 is 1.41 bits per heavy atom. The van der Waals surface area contributed by atoms with E-state index in [0.29, 0.717) is 5.56 Å². The first-order valence-corrected chi connectivity index (χ1v) is 4.79. The summed E-state index contributed by atoms with van der Waals surface area (Å²) in [5.41, 5.74) is 4.74. The van der Waals surface area contributed by atoms with Gasteiger partial charge in [-0.3, -0.25) is 4.79 Å². The minimum atomic E-state index is -3.74. The summed E-state index contributed by atoms with van der Waals surface area (Å²) in [7, 11) is 0. The van der Waals surface area contributed by atoms with E-state index < -0.39 is 6.23 Å². The second kappa shape index (κ2) is 5.93. The van der Waals surface area contributed by atoms with Crippen LogP contribution in [0.2, 0.25) is 0 Å². The number of alkyl halides is 2. The van der Waals surface area contributed by atoms with Crippen LogP contribution >= 0.6 is 12.4 Å². The van der Waals surface area contributed by atoms with Crippen LogP contribution in [-0.2, 0) is 0 Å². The van der Waals surface area contributed by atoms with Gasteiger partial charge in [0, 0.05) is 11.5 Å². The number of carbonyl (C=O) groups excluding carboxylic acids is 1. The van der Waals surface area contributed by atoms with Crippen LogP contribution in [0.25, 0.3) is 0 Å². The predicted octanol–water partition coefficient (Wildman–Crippen LogP) is 2.83. The number of benzene rings is 1. The van der Waals surface area contributed by atoms with Crippen molar-refractivity contribution in [3.05, 3.63) is 29.8 Å². The lowest BCUT2D eigenvalue weighted by atomic mass is 10.0. The Bertz CT molecular complexity index is 391. The van der Waals surface area contributed by atoms with Gasteiger partial charge in [0.1, 0.15) is 5.75 Å². The van der Waals surface area contributed by atoms with Gasteiger partial charge in [-0.25, -0.2) is 5.73 Å². The van der Waals surface area contributed by atoms with E-state index in [-0.39, 0.29) is 29.9 Å². The van der Waals surface area contributed by atoms with E-state index in [4.69, 9.17) is 0 Å². The molecule has 3 nitrogen and oxygen atoms in total. The summed E-state index contributed by atoms with van der Waals surface area (Å²) < 4.78 is 28.9. The van der Waals surface area contributed by atoms with Crippen LogP contribution in [0.15, 0.2) is 24.3 Å². The van der Waals surface area contributed by atoms with Gasteiger partial charge >= 0.3 is 6.23 Å². The minimum Gasteiger partial charge on any atom is -0.420 e. The minimum absolute atomic E-state index is 0. The summed E-state index contributed by atoms with van der Waals surface area (Å²) in [6.45, 7) is 3.46. The molecule has 1 aromatic carbocycles. The second-order valence-corrected chi connectivity index (χ2v) is 3.71. The molecule has 0 bridgehead atoms. The van der Waals surface area contributed by atoms with Crippen molar-refractivity contribution in [1.29, 1.82) is 0 Å². The zero-order valence-corrected chi connectivity index (χ0v) is 10.3. The molecule has 0 aliphatic heterocycles. The number of halogens is 3. The predicted molar refractivity (Wildman–Crippen MR) is 62.6 cm³/mol. The van der Waals surface area contributed by atoms with Crippen molar-refractivity contribution in [2.75, 3.05) is 0 Å². The monoisotopic (exact) mass is 265 g/mol. The highest BCUT2D eigenvalue weighted by Gasteiger charge is 2.24. The van der Waals surface area contributed by atoms with Gasteiger partial charge in [-0.2, -0.15) is 0 Å². The highest BCUT2D eigenvalue weighted by atomic mass is 35.5. The molecule has 96 valence electrons. The highest BCUT2D eigenvalue weighted by molar-refractivity contribution is 5.97. The molecule has 0 spiro atoms. The first kappa shape index (κ1) is 15.8. The van der Waals surface area contributed by atoms with Crippen LogP contribution < -0.4 is 10.5 Å². The third-order valence-corrected chi connectivity index (χ3v) is 1.90. The number of nitrogens with two attached hydrogens (primary N) is 1. The van der Waals surface area contributed by atoms with Crippen LogP contribution in [0.5, 0.6) is 5.75 Å². The quantitative estimate of drug-likeness (QED) is 0.517. The van der Waals surface area contributed by atoms with Gasteiger partial charge in [0.25, 0.3) is 0 Å². The number of ether oxygens (including phenoxy) is 1. The van der Waals surface area contributed by atoms with Crippen LogP contribution in [-0.4, -0.2) is 12.0 Å². The van der Waals surface area contributed by atoms with Gasteiger partial charge in [0.15, 0.2) is 5.78 Å². The van der Waals surface area contributed by atoms with Crippen molar-refractivity contribution in [3.63, 3.8) is 0 Å². The Hall–Kier alpha value is -1.20. The lowest BCUT2D eigenvalue weighted by Crippen LogP contribution is -2.35. The summed E-state index contributed by atoms with van der Waals surface area (Å²) in [6, 6.07) is 5.58. The maximum absolute atomic E-state index is 12.4. The molecule has 0 fully saturated rings. The van der Waals surface area contributed by atoms with Crippen molar-refractivity contribution in [2.45, 2.75) is 20.1 Å². The number of rotatable bonds is 4. The van der Waals surface area contributed by atoms with Crippen LogP contribution in [0.1, 0.15) is 24.2 Å². The molecule has 0 heterocycles. The third-order valence-electron chi connectivity index (χ3n) is 1.90. The lowest BCUT2D eigenvalue weighted by Gasteiger charge is -2.13. The fourth-order valence-electron chi connectivity index (χ4n) is 1.20. The summed E-state index contributed by atoms with van der Waals surface area (Å²) in [5, 5.41) is 0. The van der Waals surface area contributed by atoms with E-state index in [1.165, 1.54) is 18.2 Å². The first-order valence-electron chi connectivity index (χ1n) is 4.79. The SMILES string of the molecule is CC(C)C(=O)c1cccc(OC(N)(F)F)c1.Cl. The number of Topliss-reactive ketones (excluding diaryl/α,β-unsaturated/α-hetero) is 1. The molecule has 0 saturated carbocycles. The average molecular weight is 266 g/mol. The average Bonchev–Trinajstić information content (AvgIpc) is 2.14. The Kier molecular flexibility index (Phi) is 5.51. The Morgan fingerprint density at radius 3 is 2.47 bits per heavy atom. The standard InChI is InChI=1S/C11H13F2NO2.ClH/c1-7(2)10(15)8-4-3-5-9(6-8)16-11(12,13)14;/h3-7H,14H2,1-2H3;1H. The molecule has 2 N–H and O–H groups in total. The topological polar surface area (TPSA) is 52.3 Å². The molecule has 0 aromatic heterocycles. The van der Waals surface area contributed by atoms with Crippen molar-refractivity contribution in [3.8, 4) is 5.75 Å². The summed E-state index contributed by atoms with van der Waals surface area (Å²) in [6.07, 6.45) is -3.74. The molecule has 0 radical (unpaired) electrons. The summed E-state index contributed by atoms with van der Waals surface area (Å²) in [5.74, 6) is -0.460. The van der Waals surface area contributed by atoms with E-state index in [2.05, 4.69) is 10.5 Å². The second-order valence-electron chi connectivity index (χ2n) is 3.71. The van der Waals surface area contributed by atoms with Crippen LogP contribution in [0, 0.1) is 5.92 Å². The van der Waals surface area contributed by atoms with Gasteiger partial charge in [0.05, 0.1) is 0 Å². The van der Waals surface area contributed by atoms with Gasteiger partial charge in [-0.15, -0.1) is 21.2 Å². The largest absolute Gasteiger partial charge is 0.466 e. The third kappa shape index (κ3) is 5.10. The maximum Gasteiger partial charge on any atom is 0.466 e. The normalized spacial score (nSPS) is 10.9. The molecule has 6 heteroatoms. The number of hydrogen-bond donors (Lipinski definition) is 1. The summed E-state index contributed by atoms with van der Waals surface area (Å²) in [4.78, 5) is 11.6. The van der Waals surface area contributed by atoms with E-state index in [9.17, 15) is 13.6 Å². The molecular formula is C11H14ClF2NO2. The molecule has 0 aliphatic carbocycles. The molecule has 0 aliphatic rings. The Morgan fingerprint density at radius 2 is 2.00 bits per heavy atom. The van der Waals surface area contributed by atoms with E-state index in [1.54, 1.807) is 19.9 Å². The number of ketones is 1. The summed E-state index contributed by atoms with van der Waals surface area (Å²) >= 11 is 0. The van der Waals surface area contributed by atoms with E-state index >= 15 is 0 Å². The molecule has 0 atom stereocenters. The van der Waals surface area contributed by atoms with Crippen LogP contribution in [0.4, 0.5) is 8.78 Å². The van der Waals surface area contributed by atoms with Crippen molar-refractivity contribution < 1.29 is 18.3 Å². The maximum atomic E-state index is 12.4. The van der Waals surface area contributed by atoms with E-state index in [0.717, 1.165) is 0 Å². The molecular weight excluding hydrogens is 252 g/mol. The van der Waals surface area contributed by atoms with Gasteiger partial charge < -0.3 is 4.74 Å². The van der Waals surface area contributed by atoms with Gasteiger partial charge in [-0.1, -0.05) is 26.0 Å². The van der Waals surface area contributed by atoms with Crippen LogP contribution in [0.3, 0.4) is 0 Å². The van der Waals surface area contributed by atoms with E-state index in [1.807, 2.05) is 0 Å². The molecule has 0 saturated heterocycles. The highest BCUT2D eigenvalue weighted by Crippen LogP contribution is 2.20. The smallest absolute Gasteiger partial charge is 0.420 e. The Labute approximate surface area is 104 Å². The molecule has 0 unspecified atom stereocenters. The number of hydrogen-bond acceptors (Lipinski definition) is 3. The molecule has 1 rings (SSSR count). The molecule has 0 amide bonds. The zero-order chi connectivity index (χ0) is 12.3. The molecule has 17 heavy (non-hydrogen) atoms. The number of carbonyl (C=O) groups is 1. The first-order chi connectivity index (χ1) is 7.29. The van der Waals surface area contributed by atoms with Crippen molar-refractivity contribution in [2.24, 2.45) is 11.7 Å².